The summed E-state index contributed by atoms with van der Waals surface area (Å²) in [6.07, 6.45) is 5.87. The Morgan fingerprint density at radius 2 is 1.86 bits per heavy atom. The standard InChI is InChI=1S/C30H35N5O7S/c1-30(2,3)29(37)42-18-41-26(36)15-20-17-33-35-13-7-19(14-24(20)35)27-25(16-23(31)22-6-5-10-32-28(22)27)43(38,39)34-11-8-21(40-4)9-12-34/h5-7,10,13-14,16-17,21H,8-9,11-12,15,18,31H2,1-4H3. The number of fused-ring (bicyclic) bond motifs is 2. The Morgan fingerprint density at radius 3 is 2.56 bits per heavy atom. The van der Waals surface area contributed by atoms with E-state index in [4.69, 9.17) is 19.9 Å². The van der Waals surface area contributed by atoms with E-state index in [9.17, 15) is 18.0 Å². The van der Waals surface area contributed by atoms with Crippen LogP contribution in [0.1, 0.15) is 39.2 Å². The van der Waals surface area contributed by atoms with Gasteiger partial charge in [-0.05, 0) is 69.5 Å². The summed E-state index contributed by atoms with van der Waals surface area (Å²) in [7, 11) is -2.33. The summed E-state index contributed by atoms with van der Waals surface area (Å²) in [6.45, 7) is 5.25. The number of rotatable bonds is 8. The molecule has 1 fully saturated rings. The molecular formula is C30H35N5O7S. The third-order valence-corrected chi connectivity index (χ3v) is 9.41. The van der Waals surface area contributed by atoms with Crippen molar-refractivity contribution in [1.82, 2.24) is 18.9 Å². The number of ether oxygens (including phenoxy) is 3. The van der Waals surface area contributed by atoms with Gasteiger partial charge >= 0.3 is 11.9 Å². The quantitative estimate of drug-likeness (QED) is 0.178. The molecule has 13 heteroatoms. The lowest BCUT2D eigenvalue weighted by atomic mass is 9.98. The lowest BCUT2D eigenvalue weighted by Crippen LogP contribution is -2.40. The average Bonchev–Trinajstić information content (AvgIpc) is 3.38. The van der Waals surface area contributed by atoms with Crippen molar-refractivity contribution >= 4 is 44.1 Å². The molecule has 0 spiro atoms. The second-order valence-corrected chi connectivity index (χ2v) is 13.4. The zero-order valence-electron chi connectivity index (χ0n) is 24.6. The lowest BCUT2D eigenvalue weighted by molar-refractivity contribution is -0.172. The topological polar surface area (TPSA) is 155 Å². The maximum absolute atomic E-state index is 14.1. The fourth-order valence-electron chi connectivity index (χ4n) is 5.07. The van der Waals surface area contributed by atoms with Crippen molar-refractivity contribution in [2.24, 2.45) is 5.41 Å². The normalized spacial score (nSPS) is 15.2. The number of hydrogen-bond acceptors (Lipinski definition) is 10. The first-order valence-corrected chi connectivity index (χ1v) is 15.3. The summed E-state index contributed by atoms with van der Waals surface area (Å²) in [5.74, 6) is -1.09. The fourth-order valence-corrected chi connectivity index (χ4v) is 6.79. The Morgan fingerprint density at radius 1 is 1.12 bits per heavy atom. The third-order valence-electron chi connectivity index (χ3n) is 7.49. The van der Waals surface area contributed by atoms with Gasteiger partial charge in [0, 0.05) is 54.8 Å². The zero-order chi connectivity index (χ0) is 30.9. The van der Waals surface area contributed by atoms with E-state index < -0.39 is 34.2 Å². The number of aromatic nitrogens is 3. The molecule has 43 heavy (non-hydrogen) atoms. The fraction of sp³-hybridized carbons (Fsp3) is 0.400. The molecule has 0 aliphatic carbocycles. The summed E-state index contributed by atoms with van der Waals surface area (Å²) < 4.78 is 46.8. The molecule has 1 saturated heterocycles. The van der Waals surface area contributed by atoms with E-state index in [-0.39, 0.29) is 17.4 Å². The van der Waals surface area contributed by atoms with Crippen LogP contribution in [0.3, 0.4) is 0 Å². The van der Waals surface area contributed by atoms with Crippen LogP contribution in [0.15, 0.2) is 53.8 Å². The number of piperidine rings is 1. The van der Waals surface area contributed by atoms with Crippen LogP contribution in [0.5, 0.6) is 0 Å². The van der Waals surface area contributed by atoms with E-state index in [1.165, 1.54) is 10.4 Å². The molecule has 0 saturated carbocycles. The highest BCUT2D eigenvalue weighted by atomic mass is 32.2. The van der Waals surface area contributed by atoms with Gasteiger partial charge in [0.25, 0.3) is 0 Å². The van der Waals surface area contributed by atoms with Crippen LogP contribution in [0.2, 0.25) is 0 Å². The third kappa shape index (κ3) is 6.19. The van der Waals surface area contributed by atoms with Crippen LogP contribution in [0.25, 0.3) is 27.5 Å². The SMILES string of the molecule is COC1CCN(S(=O)(=O)c2cc(N)c3cccnc3c2-c2ccn3ncc(CC(=O)OCOC(=O)C(C)(C)C)c3c2)CC1. The van der Waals surface area contributed by atoms with Gasteiger partial charge in [0.05, 0.1) is 40.1 Å². The number of carbonyl (C=O) groups excluding carboxylic acids is 2. The van der Waals surface area contributed by atoms with Crippen molar-refractivity contribution in [2.45, 2.75) is 51.0 Å². The van der Waals surface area contributed by atoms with E-state index in [1.54, 1.807) is 75.3 Å². The maximum Gasteiger partial charge on any atom is 0.314 e. The van der Waals surface area contributed by atoms with Gasteiger partial charge in [-0.2, -0.15) is 9.40 Å². The molecule has 2 N–H and O–H groups in total. The minimum atomic E-state index is -3.96. The number of nitrogens with two attached hydrogens (primary N) is 1. The van der Waals surface area contributed by atoms with Gasteiger partial charge in [-0.3, -0.25) is 14.6 Å². The first-order valence-electron chi connectivity index (χ1n) is 13.9. The second kappa shape index (κ2) is 11.9. The van der Waals surface area contributed by atoms with Gasteiger partial charge in [-0.1, -0.05) is 0 Å². The molecule has 228 valence electrons. The number of methoxy groups -OCH3 is 1. The first kappa shape index (κ1) is 30.4. The number of anilines is 1. The van der Waals surface area contributed by atoms with Crippen molar-refractivity contribution in [2.75, 3.05) is 32.7 Å². The molecule has 1 aliphatic rings. The zero-order valence-corrected chi connectivity index (χ0v) is 25.4. The number of nitrogen functional groups attached to an aromatic ring is 1. The number of benzene rings is 1. The van der Waals surface area contributed by atoms with Gasteiger partial charge < -0.3 is 19.9 Å². The molecule has 0 radical (unpaired) electrons. The van der Waals surface area contributed by atoms with Crippen molar-refractivity contribution in [1.29, 1.82) is 0 Å². The van der Waals surface area contributed by atoms with Crippen LogP contribution < -0.4 is 5.73 Å². The Kier molecular flexibility index (Phi) is 8.41. The lowest BCUT2D eigenvalue weighted by Gasteiger charge is -2.31. The minimum absolute atomic E-state index is 0.00850. The summed E-state index contributed by atoms with van der Waals surface area (Å²) in [6, 6.07) is 8.56. The number of esters is 2. The van der Waals surface area contributed by atoms with E-state index in [0.717, 1.165) is 0 Å². The van der Waals surface area contributed by atoms with Crippen molar-refractivity contribution in [3.63, 3.8) is 0 Å². The minimum Gasteiger partial charge on any atom is -0.428 e. The highest BCUT2D eigenvalue weighted by molar-refractivity contribution is 7.89. The number of sulfonamides is 1. The van der Waals surface area contributed by atoms with Crippen LogP contribution in [0, 0.1) is 5.41 Å². The monoisotopic (exact) mass is 609 g/mol. The summed E-state index contributed by atoms with van der Waals surface area (Å²) in [5, 5.41) is 4.95. The van der Waals surface area contributed by atoms with Crippen LogP contribution in [0.4, 0.5) is 5.69 Å². The largest absolute Gasteiger partial charge is 0.428 e. The number of nitrogens with zero attached hydrogens (tertiary/aromatic N) is 4. The Labute approximate surface area is 249 Å². The number of hydrogen-bond donors (Lipinski definition) is 1. The maximum atomic E-state index is 14.1. The van der Waals surface area contributed by atoms with Gasteiger partial charge in [-0.15, -0.1) is 0 Å². The molecule has 0 bridgehead atoms. The van der Waals surface area contributed by atoms with E-state index in [1.807, 2.05) is 0 Å². The molecule has 0 atom stereocenters. The highest BCUT2D eigenvalue weighted by Gasteiger charge is 2.33. The average molecular weight is 610 g/mol. The molecule has 3 aromatic heterocycles. The molecule has 1 aliphatic heterocycles. The Balaban J connectivity index is 1.51. The summed E-state index contributed by atoms with van der Waals surface area (Å²) >= 11 is 0. The molecule has 1 aromatic carbocycles. The smallest absolute Gasteiger partial charge is 0.314 e. The van der Waals surface area contributed by atoms with Crippen molar-refractivity contribution < 1.29 is 32.2 Å². The molecule has 0 unspecified atom stereocenters. The Bertz CT molecular complexity index is 1790. The van der Waals surface area contributed by atoms with Gasteiger partial charge in [-0.25, -0.2) is 12.9 Å². The molecule has 4 aromatic rings. The molecule has 0 amide bonds. The van der Waals surface area contributed by atoms with Gasteiger partial charge in [0.1, 0.15) is 0 Å². The predicted molar refractivity (Wildman–Crippen MR) is 159 cm³/mol. The van der Waals surface area contributed by atoms with E-state index in [0.29, 0.717) is 64.7 Å². The van der Waals surface area contributed by atoms with Crippen LogP contribution >= 0.6 is 0 Å². The molecular weight excluding hydrogens is 574 g/mol. The molecule has 12 nitrogen and oxygen atoms in total. The Hall–Kier alpha value is -4.07. The number of pyridine rings is 2. The summed E-state index contributed by atoms with van der Waals surface area (Å²) in [5.41, 5.74) is 8.49. The van der Waals surface area contributed by atoms with Crippen molar-refractivity contribution in [3.8, 4) is 11.1 Å². The highest BCUT2D eigenvalue weighted by Crippen LogP contribution is 2.39. The predicted octanol–water partition coefficient (Wildman–Crippen LogP) is 3.56. The van der Waals surface area contributed by atoms with Gasteiger partial charge in [0.15, 0.2) is 0 Å². The molecule has 4 heterocycles. The second-order valence-electron chi connectivity index (χ2n) is 11.5. The molecule has 5 rings (SSSR count). The first-order chi connectivity index (χ1) is 20.4. The number of carbonyl (C=O) groups is 2. The van der Waals surface area contributed by atoms with Crippen LogP contribution in [-0.2, 0) is 40.2 Å². The van der Waals surface area contributed by atoms with Crippen molar-refractivity contribution in [3.05, 3.63) is 54.5 Å². The van der Waals surface area contributed by atoms with E-state index in [2.05, 4.69) is 10.1 Å². The van der Waals surface area contributed by atoms with Gasteiger partial charge in [0.2, 0.25) is 16.8 Å². The van der Waals surface area contributed by atoms with Crippen LogP contribution in [-0.4, -0.2) is 72.4 Å². The summed E-state index contributed by atoms with van der Waals surface area (Å²) in [4.78, 5) is 29.1. The van der Waals surface area contributed by atoms with E-state index >= 15 is 0 Å².